The number of aliphatic hydroxyl groups is 1. The Labute approximate surface area is 159 Å². The molecule has 0 unspecified atom stereocenters. The SMILES string of the molecule is OC(=Cc1ccccc1)C(=Cc1ccccc1)OCCOc1ccccc1. The molecule has 3 rings (SSSR count). The molecule has 0 saturated heterocycles. The highest BCUT2D eigenvalue weighted by Gasteiger charge is 2.06. The van der Waals surface area contributed by atoms with Crippen LogP contribution >= 0.6 is 0 Å². The molecule has 0 radical (unpaired) electrons. The van der Waals surface area contributed by atoms with Gasteiger partial charge >= 0.3 is 0 Å². The maximum atomic E-state index is 10.6. The first-order valence-electron chi connectivity index (χ1n) is 8.85. The maximum absolute atomic E-state index is 10.6. The van der Waals surface area contributed by atoms with Crippen molar-refractivity contribution < 1.29 is 14.6 Å². The Morgan fingerprint density at radius 2 is 1.19 bits per heavy atom. The van der Waals surface area contributed by atoms with Gasteiger partial charge in [0.1, 0.15) is 19.0 Å². The first-order chi connectivity index (χ1) is 13.3. The van der Waals surface area contributed by atoms with Gasteiger partial charge in [-0.2, -0.15) is 0 Å². The smallest absolute Gasteiger partial charge is 0.161 e. The highest BCUT2D eigenvalue weighted by molar-refractivity contribution is 5.62. The van der Waals surface area contributed by atoms with Crippen molar-refractivity contribution in [1.29, 1.82) is 0 Å². The number of hydrogen-bond acceptors (Lipinski definition) is 3. The van der Waals surface area contributed by atoms with Crippen molar-refractivity contribution in [2.75, 3.05) is 13.2 Å². The number of hydrogen-bond donors (Lipinski definition) is 1. The lowest BCUT2D eigenvalue weighted by Crippen LogP contribution is -2.07. The summed E-state index contributed by atoms with van der Waals surface area (Å²) in [5, 5.41) is 10.6. The Morgan fingerprint density at radius 1 is 0.667 bits per heavy atom. The van der Waals surface area contributed by atoms with Crippen molar-refractivity contribution >= 4 is 12.2 Å². The molecule has 27 heavy (non-hydrogen) atoms. The molecule has 0 amide bonds. The molecule has 0 aliphatic carbocycles. The van der Waals surface area contributed by atoms with E-state index in [2.05, 4.69) is 0 Å². The van der Waals surface area contributed by atoms with E-state index in [-0.39, 0.29) is 5.76 Å². The van der Waals surface area contributed by atoms with Crippen LogP contribution in [0.25, 0.3) is 12.2 Å². The Morgan fingerprint density at radius 3 is 1.78 bits per heavy atom. The fourth-order valence-corrected chi connectivity index (χ4v) is 2.50. The zero-order valence-corrected chi connectivity index (χ0v) is 15.0. The van der Waals surface area contributed by atoms with Crippen LogP contribution in [0, 0.1) is 0 Å². The van der Waals surface area contributed by atoms with Gasteiger partial charge in [0.05, 0.1) is 0 Å². The van der Waals surface area contributed by atoms with E-state index in [1.54, 1.807) is 6.08 Å². The van der Waals surface area contributed by atoms with Crippen molar-refractivity contribution in [1.82, 2.24) is 0 Å². The fourth-order valence-electron chi connectivity index (χ4n) is 2.50. The van der Waals surface area contributed by atoms with Crippen LogP contribution in [0.3, 0.4) is 0 Å². The number of rotatable bonds is 8. The molecule has 0 fully saturated rings. The fraction of sp³-hybridized carbons (Fsp3) is 0.0833. The van der Waals surface area contributed by atoms with E-state index >= 15 is 0 Å². The van der Waals surface area contributed by atoms with Crippen LogP contribution < -0.4 is 4.74 Å². The van der Waals surface area contributed by atoms with E-state index in [1.165, 1.54) is 0 Å². The van der Waals surface area contributed by atoms with E-state index in [0.29, 0.717) is 19.0 Å². The summed E-state index contributed by atoms with van der Waals surface area (Å²) in [6, 6.07) is 29.0. The van der Waals surface area contributed by atoms with E-state index in [9.17, 15) is 5.11 Å². The number of aliphatic hydroxyl groups excluding tert-OH is 1. The quantitative estimate of drug-likeness (QED) is 0.318. The molecule has 0 aliphatic rings. The van der Waals surface area contributed by atoms with E-state index in [0.717, 1.165) is 16.9 Å². The molecule has 3 aromatic rings. The third kappa shape index (κ3) is 6.08. The van der Waals surface area contributed by atoms with Crippen LogP contribution in [0.4, 0.5) is 0 Å². The first kappa shape index (κ1) is 18.3. The lowest BCUT2D eigenvalue weighted by Gasteiger charge is -2.12. The second-order valence-corrected chi connectivity index (χ2v) is 5.87. The van der Waals surface area contributed by atoms with Crippen molar-refractivity contribution in [3.63, 3.8) is 0 Å². The second kappa shape index (κ2) is 9.88. The van der Waals surface area contributed by atoms with Gasteiger partial charge in [-0.05, 0) is 35.4 Å². The zero-order valence-electron chi connectivity index (χ0n) is 15.0. The number of benzene rings is 3. The molecule has 0 heterocycles. The summed E-state index contributed by atoms with van der Waals surface area (Å²) >= 11 is 0. The minimum Gasteiger partial charge on any atom is -0.504 e. The maximum Gasteiger partial charge on any atom is 0.161 e. The summed E-state index contributed by atoms with van der Waals surface area (Å²) < 4.78 is 11.5. The van der Waals surface area contributed by atoms with Crippen LogP contribution in [-0.2, 0) is 4.74 Å². The first-order valence-corrected chi connectivity index (χ1v) is 8.85. The highest BCUT2D eigenvalue weighted by Crippen LogP contribution is 2.18. The summed E-state index contributed by atoms with van der Waals surface area (Å²) in [6.45, 7) is 0.703. The van der Waals surface area contributed by atoms with Crippen LogP contribution in [0.1, 0.15) is 11.1 Å². The third-order valence-electron chi connectivity index (χ3n) is 3.81. The lowest BCUT2D eigenvalue weighted by atomic mass is 10.1. The molecule has 0 aromatic heterocycles. The molecule has 3 aromatic carbocycles. The minimum atomic E-state index is 0.0739. The lowest BCUT2D eigenvalue weighted by molar-refractivity contribution is 0.150. The number of ether oxygens (including phenoxy) is 2. The van der Waals surface area contributed by atoms with Crippen LogP contribution in [0.2, 0.25) is 0 Å². The van der Waals surface area contributed by atoms with Crippen molar-refractivity contribution in [3.05, 3.63) is 114 Å². The predicted octanol–water partition coefficient (Wildman–Crippen LogP) is 5.72. The Hall–Kier alpha value is -3.46. The molecule has 0 atom stereocenters. The van der Waals surface area contributed by atoms with Gasteiger partial charge in [0.15, 0.2) is 11.5 Å². The van der Waals surface area contributed by atoms with Gasteiger partial charge in [-0.25, -0.2) is 0 Å². The molecule has 0 aliphatic heterocycles. The molecular weight excluding hydrogens is 336 g/mol. The largest absolute Gasteiger partial charge is 0.504 e. The van der Waals surface area contributed by atoms with E-state index < -0.39 is 0 Å². The molecule has 1 N–H and O–H groups in total. The van der Waals surface area contributed by atoms with Crippen molar-refractivity contribution in [3.8, 4) is 5.75 Å². The van der Waals surface area contributed by atoms with Gasteiger partial charge in [-0.3, -0.25) is 0 Å². The summed E-state index contributed by atoms with van der Waals surface area (Å²) in [5.74, 6) is 1.27. The molecule has 0 spiro atoms. The van der Waals surface area contributed by atoms with Gasteiger partial charge in [0.25, 0.3) is 0 Å². The van der Waals surface area contributed by atoms with Gasteiger partial charge in [0, 0.05) is 0 Å². The van der Waals surface area contributed by atoms with Gasteiger partial charge in [0.2, 0.25) is 0 Å². The Kier molecular flexibility index (Phi) is 6.71. The summed E-state index contributed by atoms with van der Waals surface area (Å²) in [4.78, 5) is 0. The van der Waals surface area contributed by atoms with Crippen LogP contribution in [-0.4, -0.2) is 18.3 Å². The number of para-hydroxylation sites is 1. The van der Waals surface area contributed by atoms with Crippen molar-refractivity contribution in [2.24, 2.45) is 0 Å². The van der Waals surface area contributed by atoms with E-state index in [1.807, 2.05) is 97.1 Å². The molecule has 0 saturated carbocycles. The highest BCUT2D eigenvalue weighted by atomic mass is 16.5. The average Bonchev–Trinajstić information content (AvgIpc) is 2.72. The average molecular weight is 358 g/mol. The summed E-state index contributed by atoms with van der Waals surface area (Å²) in [7, 11) is 0. The normalized spacial score (nSPS) is 11.9. The van der Waals surface area contributed by atoms with E-state index in [4.69, 9.17) is 9.47 Å². The molecule has 3 nitrogen and oxygen atoms in total. The van der Waals surface area contributed by atoms with Crippen LogP contribution in [0.15, 0.2) is 103 Å². The summed E-state index contributed by atoms with van der Waals surface area (Å²) in [6.07, 6.45) is 3.50. The summed E-state index contributed by atoms with van der Waals surface area (Å²) in [5.41, 5.74) is 1.85. The minimum absolute atomic E-state index is 0.0739. The van der Waals surface area contributed by atoms with Gasteiger partial charge in [-0.1, -0.05) is 78.9 Å². The monoisotopic (exact) mass is 358 g/mol. The molecule has 136 valence electrons. The predicted molar refractivity (Wildman–Crippen MR) is 109 cm³/mol. The second-order valence-electron chi connectivity index (χ2n) is 5.87. The molecule has 3 heteroatoms. The Bertz CT molecular complexity index is 869. The molecule has 0 bridgehead atoms. The zero-order chi connectivity index (χ0) is 18.7. The van der Waals surface area contributed by atoms with Crippen molar-refractivity contribution in [2.45, 2.75) is 0 Å². The van der Waals surface area contributed by atoms with Gasteiger partial charge < -0.3 is 14.6 Å². The standard InChI is InChI=1S/C24H22O3/c25-23(18-20-10-4-1-5-11-20)24(19-21-12-6-2-7-13-21)27-17-16-26-22-14-8-3-9-15-22/h1-15,18-19,25H,16-17H2. The van der Waals surface area contributed by atoms with Crippen LogP contribution in [0.5, 0.6) is 5.75 Å². The third-order valence-corrected chi connectivity index (χ3v) is 3.81. The molecular formula is C24H22O3. The van der Waals surface area contributed by atoms with Gasteiger partial charge in [-0.15, -0.1) is 0 Å². The Balaban J connectivity index is 1.70. The topological polar surface area (TPSA) is 38.7 Å².